The predicted molar refractivity (Wildman–Crippen MR) is 98.3 cm³/mol. The summed E-state index contributed by atoms with van der Waals surface area (Å²) in [5.74, 6) is 0.926. The van der Waals surface area contributed by atoms with E-state index in [1.165, 1.54) is 5.56 Å². The fourth-order valence-corrected chi connectivity index (χ4v) is 2.74. The molecular weight excluding hydrogens is 316 g/mol. The summed E-state index contributed by atoms with van der Waals surface area (Å²) in [6.07, 6.45) is 1.60. The van der Waals surface area contributed by atoms with Gasteiger partial charge < -0.3 is 15.0 Å². The maximum atomic E-state index is 12.5. The Morgan fingerprint density at radius 3 is 2.48 bits per heavy atom. The highest BCUT2D eigenvalue weighted by Gasteiger charge is 2.17. The molecule has 2 heterocycles. The normalized spacial score (nSPS) is 14.6. The zero-order chi connectivity index (χ0) is 17.8. The van der Waals surface area contributed by atoms with Crippen LogP contribution in [0.4, 0.5) is 11.6 Å². The Hall–Kier alpha value is -2.47. The van der Waals surface area contributed by atoms with Gasteiger partial charge in [0.15, 0.2) is 0 Å². The first-order valence-corrected chi connectivity index (χ1v) is 8.62. The predicted octanol–water partition coefficient (Wildman–Crippen LogP) is 3.00. The minimum atomic E-state index is -0.191. The van der Waals surface area contributed by atoms with Crippen molar-refractivity contribution in [1.82, 2.24) is 9.97 Å². The van der Waals surface area contributed by atoms with Crippen molar-refractivity contribution in [2.45, 2.75) is 26.7 Å². The molecule has 2 aromatic rings. The van der Waals surface area contributed by atoms with Gasteiger partial charge in [0.1, 0.15) is 0 Å². The quantitative estimate of drug-likeness (QED) is 0.927. The number of ether oxygens (including phenoxy) is 1. The van der Waals surface area contributed by atoms with Gasteiger partial charge in [-0.25, -0.2) is 9.97 Å². The van der Waals surface area contributed by atoms with Crippen LogP contribution in [0.3, 0.4) is 0 Å². The van der Waals surface area contributed by atoms with Gasteiger partial charge in [0.2, 0.25) is 5.95 Å². The first-order valence-electron chi connectivity index (χ1n) is 8.62. The van der Waals surface area contributed by atoms with E-state index >= 15 is 0 Å². The number of hydrogen-bond acceptors (Lipinski definition) is 5. The number of amides is 1. The average molecular weight is 340 g/mol. The molecule has 1 aromatic heterocycles. The molecular formula is C19H24N4O2. The summed E-state index contributed by atoms with van der Waals surface area (Å²) in [4.78, 5) is 23.4. The number of rotatable bonds is 4. The average Bonchev–Trinajstić information content (AvgIpc) is 2.62. The fraction of sp³-hybridized carbons (Fsp3) is 0.421. The minimum absolute atomic E-state index is 0.191. The Morgan fingerprint density at radius 1 is 1.20 bits per heavy atom. The van der Waals surface area contributed by atoms with Gasteiger partial charge in [0.05, 0.1) is 24.5 Å². The third-order valence-corrected chi connectivity index (χ3v) is 4.34. The summed E-state index contributed by atoms with van der Waals surface area (Å²) >= 11 is 0. The Morgan fingerprint density at radius 2 is 1.88 bits per heavy atom. The van der Waals surface area contributed by atoms with E-state index < -0.39 is 0 Å². The van der Waals surface area contributed by atoms with Gasteiger partial charge in [-0.05, 0) is 30.5 Å². The highest BCUT2D eigenvalue weighted by atomic mass is 16.5. The van der Waals surface area contributed by atoms with Crippen molar-refractivity contribution in [3.63, 3.8) is 0 Å². The largest absolute Gasteiger partial charge is 0.378 e. The highest BCUT2D eigenvalue weighted by molar-refractivity contribution is 6.04. The number of nitrogens with one attached hydrogen (secondary N) is 1. The molecule has 1 saturated heterocycles. The summed E-state index contributed by atoms with van der Waals surface area (Å²) < 4.78 is 5.34. The van der Waals surface area contributed by atoms with Gasteiger partial charge in [0, 0.05) is 25.0 Å². The second-order valence-corrected chi connectivity index (χ2v) is 6.50. The van der Waals surface area contributed by atoms with Crippen LogP contribution in [0, 0.1) is 6.92 Å². The van der Waals surface area contributed by atoms with Crippen molar-refractivity contribution in [3.05, 3.63) is 47.3 Å². The number of aryl methyl sites for hydroxylation is 1. The lowest BCUT2D eigenvalue weighted by molar-refractivity contribution is 0.102. The molecule has 1 N–H and O–H groups in total. The highest BCUT2D eigenvalue weighted by Crippen LogP contribution is 2.18. The van der Waals surface area contributed by atoms with Crippen LogP contribution in [-0.2, 0) is 4.74 Å². The van der Waals surface area contributed by atoms with Gasteiger partial charge in [-0.1, -0.05) is 26.0 Å². The molecule has 1 aliphatic heterocycles. The maximum absolute atomic E-state index is 12.5. The maximum Gasteiger partial charge on any atom is 0.259 e. The van der Waals surface area contributed by atoms with Crippen molar-refractivity contribution in [2.75, 3.05) is 36.5 Å². The van der Waals surface area contributed by atoms with Gasteiger partial charge in [-0.15, -0.1) is 0 Å². The van der Waals surface area contributed by atoms with Crippen molar-refractivity contribution < 1.29 is 9.53 Å². The molecule has 0 aliphatic carbocycles. The van der Waals surface area contributed by atoms with E-state index in [4.69, 9.17) is 4.74 Å². The minimum Gasteiger partial charge on any atom is -0.378 e. The summed E-state index contributed by atoms with van der Waals surface area (Å²) in [7, 11) is 0. The van der Waals surface area contributed by atoms with Crippen molar-refractivity contribution in [1.29, 1.82) is 0 Å². The van der Waals surface area contributed by atoms with E-state index in [2.05, 4.69) is 34.0 Å². The van der Waals surface area contributed by atoms with E-state index in [9.17, 15) is 4.79 Å². The Kier molecular flexibility index (Phi) is 5.28. The zero-order valence-corrected chi connectivity index (χ0v) is 15.0. The SMILES string of the molecule is Cc1nc(N2CCOCC2)ncc1C(=O)Nc1ccc(C(C)C)cc1. The van der Waals surface area contributed by atoms with Gasteiger partial charge in [-0.3, -0.25) is 4.79 Å². The number of carbonyl (C=O) groups is 1. The molecule has 0 atom stereocenters. The van der Waals surface area contributed by atoms with E-state index in [0.29, 0.717) is 36.3 Å². The third-order valence-electron chi connectivity index (χ3n) is 4.34. The molecule has 25 heavy (non-hydrogen) atoms. The molecule has 3 rings (SSSR count). The van der Waals surface area contributed by atoms with Crippen molar-refractivity contribution in [3.8, 4) is 0 Å². The molecule has 1 aromatic carbocycles. The summed E-state index contributed by atoms with van der Waals surface area (Å²) in [5, 5.41) is 2.91. The third kappa shape index (κ3) is 4.14. The second kappa shape index (κ2) is 7.61. The molecule has 1 amide bonds. The van der Waals surface area contributed by atoms with Crippen LogP contribution in [0.5, 0.6) is 0 Å². The van der Waals surface area contributed by atoms with Crippen LogP contribution in [0.1, 0.15) is 41.4 Å². The lowest BCUT2D eigenvalue weighted by atomic mass is 10.0. The molecule has 132 valence electrons. The number of anilines is 2. The molecule has 6 nitrogen and oxygen atoms in total. The number of aromatic nitrogens is 2. The van der Waals surface area contributed by atoms with Crippen molar-refractivity contribution >= 4 is 17.5 Å². The van der Waals surface area contributed by atoms with E-state index in [-0.39, 0.29) is 5.91 Å². The number of hydrogen-bond donors (Lipinski definition) is 1. The Bertz CT molecular complexity index is 738. The van der Waals surface area contributed by atoms with Crippen LogP contribution < -0.4 is 10.2 Å². The summed E-state index contributed by atoms with van der Waals surface area (Å²) in [6, 6.07) is 7.91. The van der Waals surface area contributed by atoms with Crippen LogP contribution in [-0.4, -0.2) is 42.2 Å². The molecule has 0 spiro atoms. The van der Waals surface area contributed by atoms with E-state index in [1.54, 1.807) is 6.20 Å². The topological polar surface area (TPSA) is 67.3 Å². The lowest BCUT2D eigenvalue weighted by Crippen LogP contribution is -2.37. The smallest absolute Gasteiger partial charge is 0.259 e. The van der Waals surface area contributed by atoms with Crippen molar-refractivity contribution in [2.24, 2.45) is 0 Å². The van der Waals surface area contributed by atoms with Gasteiger partial charge >= 0.3 is 0 Å². The summed E-state index contributed by atoms with van der Waals surface area (Å²) in [6.45, 7) is 9.02. The number of morpholine rings is 1. The van der Waals surface area contributed by atoms with Crippen LogP contribution in [0.15, 0.2) is 30.5 Å². The van der Waals surface area contributed by atoms with Gasteiger partial charge in [0.25, 0.3) is 5.91 Å². The zero-order valence-electron chi connectivity index (χ0n) is 15.0. The molecule has 0 radical (unpaired) electrons. The Balaban J connectivity index is 1.71. The van der Waals surface area contributed by atoms with Crippen LogP contribution in [0.2, 0.25) is 0 Å². The molecule has 0 bridgehead atoms. The number of nitrogens with zero attached hydrogens (tertiary/aromatic N) is 3. The van der Waals surface area contributed by atoms with Gasteiger partial charge in [-0.2, -0.15) is 0 Å². The van der Waals surface area contributed by atoms with Crippen LogP contribution >= 0.6 is 0 Å². The van der Waals surface area contributed by atoms with E-state index in [1.807, 2.05) is 31.2 Å². The molecule has 0 unspecified atom stereocenters. The second-order valence-electron chi connectivity index (χ2n) is 6.50. The molecule has 0 saturated carbocycles. The van der Waals surface area contributed by atoms with Crippen LogP contribution in [0.25, 0.3) is 0 Å². The number of benzene rings is 1. The first-order chi connectivity index (χ1) is 12.0. The molecule has 1 fully saturated rings. The standard InChI is InChI=1S/C19H24N4O2/c1-13(2)15-4-6-16(7-5-15)22-18(24)17-12-20-19(21-14(17)3)23-8-10-25-11-9-23/h4-7,12-13H,8-11H2,1-3H3,(H,22,24). The lowest BCUT2D eigenvalue weighted by Gasteiger charge is -2.27. The molecule has 1 aliphatic rings. The molecule has 6 heteroatoms. The Labute approximate surface area is 148 Å². The fourth-order valence-electron chi connectivity index (χ4n) is 2.74. The number of carbonyl (C=O) groups excluding carboxylic acids is 1. The van der Waals surface area contributed by atoms with E-state index in [0.717, 1.165) is 18.8 Å². The summed E-state index contributed by atoms with van der Waals surface area (Å²) in [5.41, 5.74) is 3.18. The first kappa shape index (κ1) is 17.4. The monoisotopic (exact) mass is 340 g/mol.